The Labute approximate surface area is 186 Å². The number of rotatable bonds is 1. The molecule has 0 bridgehead atoms. The minimum absolute atomic E-state index is 0.00401. The fourth-order valence-corrected chi connectivity index (χ4v) is 5.42. The zero-order valence-corrected chi connectivity index (χ0v) is 17.5. The van der Waals surface area contributed by atoms with Crippen LogP contribution in [0, 0.1) is 0 Å². The van der Waals surface area contributed by atoms with Gasteiger partial charge in [-0.2, -0.15) is 0 Å². The molecule has 32 heavy (non-hydrogen) atoms. The molecule has 2 nitrogen and oxygen atoms in total. The van der Waals surface area contributed by atoms with Gasteiger partial charge in [0.15, 0.2) is 0 Å². The number of aromatic nitrogens is 2. The van der Waals surface area contributed by atoms with Crippen LogP contribution in [-0.2, 0) is 0 Å². The standard InChI is InChI=1S/C30H20N2/c1-19-21-13-5-10-18-26(21)30-31-27-24-16-8-6-14-22(24)23-15-7-9-17-25(23)29(27)32(30)28(19)20-11-3-2-4-12-20/h2-18,28H,1H2/t28-/m1/s1. The summed E-state index contributed by atoms with van der Waals surface area (Å²) >= 11 is 0. The van der Waals surface area contributed by atoms with Crippen LogP contribution in [-0.4, -0.2) is 9.55 Å². The quantitative estimate of drug-likeness (QED) is 0.256. The fourth-order valence-electron chi connectivity index (χ4n) is 5.42. The summed E-state index contributed by atoms with van der Waals surface area (Å²) in [4.78, 5) is 5.30. The zero-order valence-electron chi connectivity index (χ0n) is 17.5. The van der Waals surface area contributed by atoms with Crippen molar-refractivity contribution in [1.29, 1.82) is 0 Å². The first-order valence-electron chi connectivity index (χ1n) is 11.0. The lowest BCUT2D eigenvalue weighted by atomic mass is 9.87. The normalized spacial score (nSPS) is 15.2. The third kappa shape index (κ3) is 2.21. The molecule has 1 aromatic heterocycles. The highest BCUT2D eigenvalue weighted by Gasteiger charge is 2.32. The van der Waals surface area contributed by atoms with E-state index in [9.17, 15) is 0 Å². The van der Waals surface area contributed by atoms with Gasteiger partial charge < -0.3 is 4.57 Å². The summed E-state index contributed by atoms with van der Waals surface area (Å²) < 4.78 is 2.42. The van der Waals surface area contributed by atoms with Crippen LogP contribution in [0.1, 0.15) is 17.2 Å². The van der Waals surface area contributed by atoms with E-state index in [0.29, 0.717) is 0 Å². The van der Waals surface area contributed by atoms with E-state index in [2.05, 4.69) is 114 Å². The Bertz CT molecular complexity index is 1690. The van der Waals surface area contributed by atoms with Crippen molar-refractivity contribution in [3.05, 3.63) is 121 Å². The van der Waals surface area contributed by atoms with Crippen molar-refractivity contribution in [2.24, 2.45) is 0 Å². The Balaban J connectivity index is 1.74. The lowest BCUT2D eigenvalue weighted by Crippen LogP contribution is -2.18. The Hall–Kier alpha value is -4.17. The first-order chi connectivity index (χ1) is 15.8. The van der Waals surface area contributed by atoms with Gasteiger partial charge in [0.2, 0.25) is 0 Å². The number of hydrogen-bond donors (Lipinski definition) is 0. The number of benzene rings is 5. The molecule has 0 N–H and O–H groups in total. The maximum atomic E-state index is 5.30. The second kappa shape index (κ2) is 6.41. The van der Waals surface area contributed by atoms with Crippen LogP contribution in [0.15, 0.2) is 110 Å². The summed E-state index contributed by atoms with van der Waals surface area (Å²) in [5.74, 6) is 1.01. The van der Waals surface area contributed by atoms with Crippen LogP contribution < -0.4 is 0 Å². The SMILES string of the molecule is C=C1c2ccccc2-c2nc3c4ccccc4c4ccccc4c3n2[C@H]1c1ccccc1. The molecule has 1 aliphatic rings. The molecular weight excluding hydrogens is 388 g/mol. The Morgan fingerprint density at radius 3 is 1.91 bits per heavy atom. The zero-order chi connectivity index (χ0) is 21.2. The van der Waals surface area contributed by atoms with Gasteiger partial charge in [-0.3, -0.25) is 0 Å². The summed E-state index contributed by atoms with van der Waals surface area (Å²) in [6, 6.07) is 36.5. The van der Waals surface area contributed by atoms with E-state index < -0.39 is 0 Å². The third-order valence-corrected chi connectivity index (χ3v) is 6.78. The minimum Gasteiger partial charge on any atom is -0.312 e. The highest BCUT2D eigenvalue weighted by molar-refractivity contribution is 6.24. The van der Waals surface area contributed by atoms with Crippen molar-refractivity contribution in [3.8, 4) is 11.4 Å². The highest BCUT2D eigenvalue weighted by atomic mass is 15.1. The van der Waals surface area contributed by atoms with E-state index in [-0.39, 0.29) is 6.04 Å². The van der Waals surface area contributed by atoms with Crippen LogP contribution in [0.2, 0.25) is 0 Å². The second-order valence-corrected chi connectivity index (χ2v) is 8.48. The minimum atomic E-state index is -0.00401. The molecule has 7 rings (SSSR count). The maximum Gasteiger partial charge on any atom is 0.142 e. The molecule has 2 heteroatoms. The summed E-state index contributed by atoms with van der Waals surface area (Å²) in [6.45, 7) is 4.59. The van der Waals surface area contributed by atoms with Gasteiger partial charge in [0.1, 0.15) is 5.82 Å². The number of nitrogens with zero attached hydrogens (tertiary/aromatic N) is 2. The molecule has 0 aliphatic carbocycles. The molecule has 0 amide bonds. The molecule has 2 heterocycles. The fraction of sp³-hybridized carbons (Fsp3) is 0.0333. The smallest absolute Gasteiger partial charge is 0.142 e. The van der Waals surface area contributed by atoms with Gasteiger partial charge in [0.05, 0.1) is 17.1 Å². The number of allylic oxidation sites excluding steroid dienone is 1. The van der Waals surface area contributed by atoms with Gasteiger partial charge in [-0.25, -0.2) is 4.98 Å². The molecule has 5 aromatic carbocycles. The van der Waals surface area contributed by atoms with E-state index in [1.54, 1.807) is 0 Å². The van der Waals surface area contributed by atoms with Crippen molar-refractivity contribution in [3.63, 3.8) is 0 Å². The van der Waals surface area contributed by atoms with Crippen molar-refractivity contribution >= 4 is 38.2 Å². The molecule has 0 saturated carbocycles. The number of imidazole rings is 1. The van der Waals surface area contributed by atoms with Gasteiger partial charge >= 0.3 is 0 Å². The van der Waals surface area contributed by atoms with Crippen molar-refractivity contribution in [1.82, 2.24) is 9.55 Å². The molecular formula is C30H20N2. The van der Waals surface area contributed by atoms with Crippen LogP contribution in [0.4, 0.5) is 0 Å². The predicted molar refractivity (Wildman–Crippen MR) is 134 cm³/mol. The first-order valence-corrected chi connectivity index (χ1v) is 11.0. The van der Waals surface area contributed by atoms with Crippen LogP contribution >= 0.6 is 0 Å². The number of fused-ring (bicyclic) bond motifs is 10. The Morgan fingerprint density at radius 2 is 1.16 bits per heavy atom. The Kier molecular flexibility index (Phi) is 3.51. The van der Waals surface area contributed by atoms with E-state index in [1.807, 2.05) is 0 Å². The van der Waals surface area contributed by atoms with Crippen LogP contribution in [0.3, 0.4) is 0 Å². The average Bonchev–Trinajstić information content (AvgIpc) is 3.26. The summed E-state index contributed by atoms with van der Waals surface area (Å²) in [7, 11) is 0. The van der Waals surface area contributed by atoms with Gasteiger partial charge in [-0.1, -0.05) is 110 Å². The molecule has 150 valence electrons. The molecule has 0 saturated heterocycles. The summed E-state index contributed by atoms with van der Waals surface area (Å²) in [5.41, 5.74) is 6.89. The monoisotopic (exact) mass is 408 g/mol. The second-order valence-electron chi connectivity index (χ2n) is 8.48. The third-order valence-electron chi connectivity index (χ3n) is 6.78. The molecule has 0 fully saturated rings. The average molecular weight is 409 g/mol. The van der Waals surface area contributed by atoms with E-state index in [4.69, 9.17) is 4.98 Å². The van der Waals surface area contributed by atoms with E-state index in [1.165, 1.54) is 38.2 Å². The van der Waals surface area contributed by atoms with E-state index >= 15 is 0 Å². The van der Waals surface area contributed by atoms with Crippen molar-refractivity contribution in [2.75, 3.05) is 0 Å². The first kappa shape index (κ1) is 17.5. The van der Waals surface area contributed by atoms with Crippen LogP contribution in [0.5, 0.6) is 0 Å². The Morgan fingerprint density at radius 1 is 0.594 bits per heavy atom. The molecule has 0 unspecified atom stereocenters. The predicted octanol–water partition coefficient (Wildman–Crippen LogP) is 7.63. The molecule has 0 radical (unpaired) electrons. The summed E-state index contributed by atoms with van der Waals surface area (Å²) in [5, 5.41) is 4.93. The molecule has 0 spiro atoms. The van der Waals surface area contributed by atoms with Crippen molar-refractivity contribution < 1.29 is 0 Å². The van der Waals surface area contributed by atoms with E-state index in [0.717, 1.165) is 22.5 Å². The molecule has 1 aliphatic heterocycles. The molecule has 6 aromatic rings. The lowest BCUT2D eigenvalue weighted by Gasteiger charge is -2.31. The molecule has 1 atom stereocenters. The highest BCUT2D eigenvalue weighted by Crippen LogP contribution is 2.48. The van der Waals surface area contributed by atoms with Crippen LogP contribution in [0.25, 0.3) is 49.5 Å². The van der Waals surface area contributed by atoms with Gasteiger partial charge in [-0.05, 0) is 27.5 Å². The summed E-state index contributed by atoms with van der Waals surface area (Å²) in [6.07, 6.45) is 0. The number of hydrogen-bond acceptors (Lipinski definition) is 1. The topological polar surface area (TPSA) is 17.8 Å². The van der Waals surface area contributed by atoms with Gasteiger partial charge in [-0.15, -0.1) is 0 Å². The van der Waals surface area contributed by atoms with Gasteiger partial charge in [0.25, 0.3) is 0 Å². The van der Waals surface area contributed by atoms with Crippen molar-refractivity contribution in [2.45, 2.75) is 6.04 Å². The largest absolute Gasteiger partial charge is 0.312 e. The maximum absolute atomic E-state index is 5.30. The lowest BCUT2D eigenvalue weighted by molar-refractivity contribution is 0.737. The van der Waals surface area contributed by atoms with Gasteiger partial charge in [0, 0.05) is 16.3 Å².